The third kappa shape index (κ3) is 3.61. The van der Waals surface area contributed by atoms with Crippen molar-refractivity contribution < 1.29 is 23.8 Å². The monoisotopic (exact) mass is 363 g/mol. The number of ether oxygens (including phenoxy) is 3. The highest BCUT2D eigenvalue weighted by Crippen LogP contribution is 2.32. The van der Waals surface area contributed by atoms with Gasteiger partial charge < -0.3 is 29.7 Å². The number of hydrogen-bond acceptors (Lipinski definition) is 6. The fourth-order valence-electron chi connectivity index (χ4n) is 3.43. The number of likely N-dealkylation sites (tertiary alicyclic amines) is 1. The predicted molar refractivity (Wildman–Crippen MR) is 94.4 cm³/mol. The molecule has 2 N–H and O–H groups in total. The Bertz CT molecular complexity index is 695. The van der Waals surface area contributed by atoms with Gasteiger partial charge in [-0.3, -0.25) is 9.59 Å². The van der Waals surface area contributed by atoms with Gasteiger partial charge in [-0.15, -0.1) is 0 Å². The van der Waals surface area contributed by atoms with Crippen LogP contribution in [0.25, 0.3) is 0 Å². The zero-order valence-electron chi connectivity index (χ0n) is 15.2. The van der Waals surface area contributed by atoms with Gasteiger partial charge >= 0.3 is 0 Å². The van der Waals surface area contributed by atoms with Gasteiger partial charge in [0.2, 0.25) is 5.91 Å². The van der Waals surface area contributed by atoms with E-state index >= 15 is 0 Å². The van der Waals surface area contributed by atoms with E-state index in [4.69, 9.17) is 19.9 Å². The summed E-state index contributed by atoms with van der Waals surface area (Å²) in [4.78, 5) is 28.0. The van der Waals surface area contributed by atoms with E-state index in [1.807, 2.05) is 0 Å². The Labute approximate surface area is 152 Å². The lowest BCUT2D eigenvalue weighted by Gasteiger charge is -2.38. The number of carbonyl (C=O) groups excluding carboxylic acids is 2. The zero-order chi connectivity index (χ0) is 18.7. The predicted octanol–water partition coefficient (Wildman–Crippen LogP) is 0.106. The molecule has 1 aromatic rings. The summed E-state index contributed by atoms with van der Waals surface area (Å²) in [7, 11) is 3.32. The van der Waals surface area contributed by atoms with E-state index < -0.39 is 5.60 Å². The molecule has 2 saturated heterocycles. The minimum Gasteiger partial charge on any atom is -0.493 e. The maximum Gasteiger partial charge on any atom is 0.254 e. The van der Waals surface area contributed by atoms with Gasteiger partial charge in [-0.25, -0.2) is 0 Å². The largest absolute Gasteiger partial charge is 0.493 e. The van der Waals surface area contributed by atoms with Gasteiger partial charge in [0.25, 0.3) is 5.91 Å². The molecule has 2 aliphatic rings. The highest BCUT2D eigenvalue weighted by molar-refractivity contribution is 5.95. The van der Waals surface area contributed by atoms with Crippen LogP contribution in [-0.4, -0.2) is 80.8 Å². The lowest BCUT2D eigenvalue weighted by molar-refractivity contribution is -0.158. The molecular weight excluding hydrogens is 338 g/mol. The van der Waals surface area contributed by atoms with Gasteiger partial charge in [0.05, 0.1) is 20.2 Å². The summed E-state index contributed by atoms with van der Waals surface area (Å²) in [5.41, 5.74) is 5.54. The van der Waals surface area contributed by atoms with E-state index in [-0.39, 0.29) is 18.4 Å². The molecule has 2 heterocycles. The average Bonchev–Trinajstić information content (AvgIpc) is 3.06. The van der Waals surface area contributed by atoms with Crippen LogP contribution in [0, 0.1) is 0 Å². The Morgan fingerprint density at radius 3 is 2.85 bits per heavy atom. The molecule has 1 atom stereocenters. The zero-order valence-corrected chi connectivity index (χ0v) is 15.2. The number of amides is 2. The molecule has 26 heavy (non-hydrogen) atoms. The van der Waals surface area contributed by atoms with E-state index in [0.29, 0.717) is 56.3 Å². The van der Waals surface area contributed by atoms with Crippen molar-refractivity contribution in [2.24, 2.45) is 5.73 Å². The van der Waals surface area contributed by atoms with Crippen LogP contribution in [0.2, 0.25) is 0 Å². The maximum absolute atomic E-state index is 12.9. The van der Waals surface area contributed by atoms with Crippen LogP contribution in [0.4, 0.5) is 0 Å². The highest BCUT2D eigenvalue weighted by Gasteiger charge is 2.45. The molecule has 1 spiro atoms. The summed E-state index contributed by atoms with van der Waals surface area (Å²) in [5, 5.41) is 0. The fraction of sp³-hybridized carbons (Fsp3) is 0.556. The number of likely N-dealkylation sites (N-methyl/N-ethyl adjacent to an activating group) is 1. The van der Waals surface area contributed by atoms with Crippen molar-refractivity contribution in [1.29, 1.82) is 0 Å². The molecule has 8 heteroatoms. The van der Waals surface area contributed by atoms with E-state index in [9.17, 15) is 9.59 Å². The fourth-order valence-corrected chi connectivity index (χ4v) is 3.43. The van der Waals surface area contributed by atoms with Crippen LogP contribution in [0.3, 0.4) is 0 Å². The molecule has 0 aromatic heterocycles. The Hall–Kier alpha value is -2.32. The van der Waals surface area contributed by atoms with Gasteiger partial charge in [0, 0.05) is 25.7 Å². The third-order valence-corrected chi connectivity index (χ3v) is 4.84. The molecule has 2 amide bonds. The summed E-state index contributed by atoms with van der Waals surface area (Å²) in [6.45, 7) is 2.34. The number of carbonyl (C=O) groups is 2. The smallest absolute Gasteiger partial charge is 0.254 e. The normalized spacial score (nSPS) is 22.8. The van der Waals surface area contributed by atoms with Gasteiger partial charge in [0.1, 0.15) is 18.8 Å². The topological polar surface area (TPSA) is 94.3 Å². The molecular formula is C18H25N3O5. The molecule has 142 valence electrons. The first-order chi connectivity index (χ1) is 12.5. The summed E-state index contributed by atoms with van der Waals surface area (Å²) in [6, 6.07) is 5.12. The maximum atomic E-state index is 12.9. The standard InChI is InChI=1S/C18H25N3O5/c1-20-11-18(26-10-16(20)22)5-7-21(12-18)17(23)13-3-4-14(24-2)15(9-13)25-8-6-19/h3-4,9H,5-8,10-12,19H2,1-2H3. The van der Waals surface area contributed by atoms with Crippen LogP contribution in [0.1, 0.15) is 16.8 Å². The third-order valence-electron chi connectivity index (χ3n) is 4.84. The molecule has 0 radical (unpaired) electrons. The van der Waals surface area contributed by atoms with Gasteiger partial charge in [-0.05, 0) is 24.6 Å². The minimum atomic E-state index is -0.469. The van der Waals surface area contributed by atoms with Crippen LogP contribution in [0.5, 0.6) is 11.5 Å². The van der Waals surface area contributed by atoms with E-state index in [1.54, 1.807) is 42.2 Å². The summed E-state index contributed by atoms with van der Waals surface area (Å²) < 4.78 is 16.6. The van der Waals surface area contributed by atoms with E-state index in [1.165, 1.54) is 0 Å². The number of nitrogens with two attached hydrogens (primary N) is 1. The lowest BCUT2D eigenvalue weighted by Crippen LogP contribution is -2.54. The Morgan fingerprint density at radius 1 is 1.35 bits per heavy atom. The quantitative estimate of drug-likeness (QED) is 0.798. The first-order valence-electron chi connectivity index (χ1n) is 8.66. The number of nitrogens with zero attached hydrogens (tertiary/aromatic N) is 2. The minimum absolute atomic E-state index is 0.0303. The molecule has 1 unspecified atom stereocenters. The van der Waals surface area contributed by atoms with Crippen LogP contribution in [-0.2, 0) is 9.53 Å². The van der Waals surface area contributed by atoms with Crippen molar-refractivity contribution in [3.8, 4) is 11.5 Å². The first-order valence-corrected chi connectivity index (χ1v) is 8.66. The van der Waals surface area contributed by atoms with Crippen molar-refractivity contribution in [3.05, 3.63) is 23.8 Å². The second kappa shape index (κ2) is 7.51. The van der Waals surface area contributed by atoms with Crippen LogP contribution >= 0.6 is 0 Å². The van der Waals surface area contributed by atoms with Crippen molar-refractivity contribution in [2.45, 2.75) is 12.0 Å². The van der Waals surface area contributed by atoms with Gasteiger partial charge in [-0.1, -0.05) is 0 Å². The molecule has 0 saturated carbocycles. The summed E-state index contributed by atoms with van der Waals surface area (Å²) >= 11 is 0. The van der Waals surface area contributed by atoms with Crippen molar-refractivity contribution in [2.75, 3.05) is 53.6 Å². The number of hydrogen-bond donors (Lipinski definition) is 1. The van der Waals surface area contributed by atoms with Crippen molar-refractivity contribution in [1.82, 2.24) is 9.80 Å². The number of methoxy groups -OCH3 is 1. The Kier molecular flexibility index (Phi) is 5.33. The van der Waals surface area contributed by atoms with Gasteiger partial charge in [0.15, 0.2) is 11.5 Å². The van der Waals surface area contributed by atoms with E-state index in [0.717, 1.165) is 0 Å². The van der Waals surface area contributed by atoms with Crippen LogP contribution in [0.15, 0.2) is 18.2 Å². The molecule has 2 aliphatic heterocycles. The highest BCUT2D eigenvalue weighted by atomic mass is 16.5. The Morgan fingerprint density at radius 2 is 2.15 bits per heavy atom. The van der Waals surface area contributed by atoms with Crippen molar-refractivity contribution in [3.63, 3.8) is 0 Å². The average molecular weight is 363 g/mol. The van der Waals surface area contributed by atoms with E-state index in [2.05, 4.69) is 0 Å². The molecule has 3 rings (SSSR count). The van der Waals surface area contributed by atoms with Gasteiger partial charge in [-0.2, -0.15) is 0 Å². The SMILES string of the molecule is COc1ccc(C(=O)N2CCC3(CN(C)C(=O)CO3)C2)cc1OCCN. The first kappa shape index (κ1) is 18.5. The molecule has 2 fully saturated rings. The van der Waals surface area contributed by atoms with Crippen molar-refractivity contribution >= 4 is 11.8 Å². The Balaban J connectivity index is 1.73. The summed E-state index contributed by atoms with van der Waals surface area (Å²) in [5.74, 6) is 0.933. The second-order valence-corrected chi connectivity index (χ2v) is 6.70. The molecule has 0 bridgehead atoms. The second-order valence-electron chi connectivity index (χ2n) is 6.70. The number of benzene rings is 1. The molecule has 0 aliphatic carbocycles. The summed E-state index contributed by atoms with van der Waals surface area (Å²) in [6.07, 6.45) is 0.711. The number of morpholine rings is 1. The number of rotatable bonds is 5. The molecule has 1 aromatic carbocycles. The van der Waals surface area contributed by atoms with Crippen LogP contribution < -0.4 is 15.2 Å². The lowest BCUT2D eigenvalue weighted by atomic mass is 10.0. The molecule has 8 nitrogen and oxygen atoms in total.